The highest BCUT2D eigenvalue weighted by molar-refractivity contribution is 7.56. The predicted molar refractivity (Wildman–Crippen MR) is 104 cm³/mol. The molecule has 0 aliphatic rings. The molecule has 2 aromatic carbocycles. The molecule has 1 unspecified atom stereocenters. The number of aryl methyl sites for hydroxylation is 1. The fourth-order valence-corrected chi connectivity index (χ4v) is 4.11. The van der Waals surface area contributed by atoms with Crippen molar-refractivity contribution in [2.24, 2.45) is 0 Å². The van der Waals surface area contributed by atoms with E-state index in [9.17, 15) is 14.2 Å². The van der Waals surface area contributed by atoms with Gasteiger partial charge >= 0.3 is 5.97 Å². The Morgan fingerprint density at radius 3 is 2.30 bits per heavy atom. The Balaban J connectivity index is 1.94. The summed E-state index contributed by atoms with van der Waals surface area (Å²) >= 11 is 0. The molecule has 0 aliphatic heterocycles. The number of anilines is 1. The Morgan fingerprint density at radius 1 is 1.11 bits per heavy atom. The average Bonchev–Trinajstić information content (AvgIpc) is 2.67. The Hall–Kier alpha value is -2.47. The van der Waals surface area contributed by atoms with Crippen molar-refractivity contribution in [3.05, 3.63) is 65.7 Å². The van der Waals surface area contributed by atoms with Crippen molar-refractivity contribution in [1.29, 1.82) is 0 Å². The molecule has 0 saturated carbocycles. The Bertz CT molecular complexity index is 824. The van der Waals surface area contributed by atoms with Crippen LogP contribution in [0.5, 0.6) is 0 Å². The molecule has 27 heavy (non-hydrogen) atoms. The van der Waals surface area contributed by atoms with Crippen LogP contribution < -0.4 is 10.4 Å². The molecule has 1 amide bonds. The van der Waals surface area contributed by atoms with Gasteiger partial charge in [-0.15, -0.1) is 0 Å². The summed E-state index contributed by atoms with van der Waals surface area (Å²) < 4.78 is 18.0. The van der Waals surface area contributed by atoms with E-state index in [0.29, 0.717) is 12.1 Å². The fourth-order valence-electron chi connectivity index (χ4n) is 2.43. The number of aromatic carboxylic acids is 1. The van der Waals surface area contributed by atoms with E-state index < -0.39 is 25.4 Å². The fraction of sp³-hybridized carbons (Fsp3) is 0.263. The van der Waals surface area contributed by atoms with Crippen LogP contribution in [0.3, 0.4) is 0 Å². The first kappa shape index (κ1) is 20.8. The van der Waals surface area contributed by atoms with Crippen LogP contribution in [0.4, 0.5) is 5.69 Å². The normalized spacial score (nSPS) is 14.1. The number of carboxylic acid groups (broad SMARTS) is 1. The van der Waals surface area contributed by atoms with Gasteiger partial charge in [-0.1, -0.05) is 30.3 Å². The summed E-state index contributed by atoms with van der Waals surface area (Å²) in [5, 5.41) is 14.3. The summed E-state index contributed by atoms with van der Waals surface area (Å²) in [7, 11) is -1.83. The van der Waals surface area contributed by atoms with Gasteiger partial charge in [-0.3, -0.25) is 9.36 Å². The van der Waals surface area contributed by atoms with E-state index in [2.05, 4.69) is 10.4 Å². The lowest BCUT2D eigenvalue weighted by molar-refractivity contribution is -0.117. The molecule has 2 rings (SSSR count). The number of rotatable bonds is 9. The van der Waals surface area contributed by atoms with Crippen LogP contribution in [0.1, 0.15) is 22.8 Å². The van der Waals surface area contributed by atoms with Crippen molar-refractivity contribution in [2.75, 3.05) is 18.6 Å². The van der Waals surface area contributed by atoms with Crippen LogP contribution in [0.25, 0.3) is 0 Å². The Kier molecular flexibility index (Phi) is 7.30. The molecule has 0 fully saturated rings. The van der Waals surface area contributed by atoms with Crippen LogP contribution >= 0.6 is 7.52 Å². The monoisotopic (exact) mass is 390 g/mol. The summed E-state index contributed by atoms with van der Waals surface area (Å²) in [5.74, 6) is -1.43. The van der Waals surface area contributed by atoms with E-state index in [1.165, 1.54) is 31.4 Å². The number of amides is 1. The maximum absolute atomic E-state index is 12.9. The van der Waals surface area contributed by atoms with E-state index in [1.54, 1.807) is 6.92 Å². The van der Waals surface area contributed by atoms with Crippen LogP contribution in [0.15, 0.2) is 54.6 Å². The van der Waals surface area contributed by atoms with Gasteiger partial charge in [0.25, 0.3) is 7.52 Å². The summed E-state index contributed by atoms with van der Waals surface area (Å²) in [6.45, 7) is 1.59. The van der Waals surface area contributed by atoms with Gasteiger partial charge in [-0.25, -0.2) is 9.88 Å². The van der Waals surface area contributed by atoms with E-state index in [0.717, 1.165) is 5.56 Å². The first-order chi connectivity index (χ1) is 12.8. The van der Waals surface area contributed by atoms with E-state index >= 15 is 0 Å². The van der Waals surface area contributed by atoms with Crippen LogP contribution in [-0.2, 0) is 20.3 Å². The van der Waals surface area contributed by atoms with Crippen molar-refractivity contribution in [2.45, 2.75) is 19.4 Å². The summed E-state index contributed by atoms with van der Waals surface area (Å²) in [5.41, 5.74) is 1.62. The molecule has 144 valence electrons. The minimum Gasteiger partial charge on any atom is -0.478 e. The van der Waals surface area contributed by atoms with E-state index in [-0.39, 0.29) is 11.7 Å². The molecule has 0 saturated heterocycles. The highest BCUT2D eigenvalue weighted by atomic mass is 31.2. The highest BCUT2D eigenvalue weighted by Crippen LogP contribution is 2.42. The standard InChI is InChI=1S/C19H23N2O5P/c1-14(18(22)20-17-10-8-16(9-11-17)19(23)24)21-27(25,26-2)13-12-15-6-4-3-5-7-15/h3-11,14H,12-13H2,1-2H3,(H,20,22)(H,21,25)(H,23,24)/t14-,27?/m0/s1. The SMILES string of the molecule is COP(=O)(CCc1ccccc1)N[C@@H](C)C(=O)Nc1ccc(C(=O)O)cc1. The van der Waals surface area contributed by atoms with E-state index in [1.807, 2.05) is 30.3 Å². The predicted octanol–water partition coefficient (Wildman–Crippen LogP) is 3.38. The summed E-state index contributed by atoms with van der Waals surface area (Å²) in [6, 6.07) is 14.6. The second kappa shape index (κ2) is 9.46. The van der Waals surface area contributed by atoms with Crippen LogP contribution in [0, 0.1) is 0 Å². The number of carbonyl (C=O) groups excluding carboxylic acids is 1. The zero-order valence-electron chi connectivity index (χ0n) is 15.2. The van der Waals surface area contributed by atoms with Crippen molar-refractivity contribution in [1.82, 2.24) is 5.09 Å². The molecule has 0 aromatic heterocycles. The van der Waals surface area contributed by atoms with Crippen molar-refractivity contribution in [3.8, 4) is 0 Å². The van der Waals surface area contributed by atoms with Gasteiger partial charge in [-0.05, 0) is 43.2 Å². The zero-order valence-corrected chi connectivity index (χ0v) is 16.1. The van der Waals surface area contributed by atoms with Gasteiger partial charge in [-0.2, -0.15) is 0 Å². The average molecular weight is 390 g/mol. The second-order valence-electron chi connectivity index (χ2n) is 6.04. The molecule has 2 atom stereocenters. The number of hydrogen-bond acceptors (Lipinski definition) is 4. The molecule has 3 N–H and O–H groups in total. The number of carbonyl (C=O) groups is 2. The number of benzene rings is 2. The summed E-state index contributed by atoms with van der Waals surface area (Å²) in [6.07, 6.45) is 0.822. The van der Waals surface area contributed by atoms with Crippen molar-refractivity contribution < 1.29 is 23.8 Å². The van der Waals surface area contributed by atoms with Gasteiger partial charge < -0.3 is 14.9 Å². The molecule has 0 heterocycles. The molecule has 2 aromatic rings. The third-order valence-electron chi connectivity index (χ3n) is 4.02. The topological polar surface area (TPSA) is 105 Å². The van der Waals surface area contributed by atoms with Gasteiger partial charge in [0.2, 0.25) is 5.91 Å². The first-order valence-electron chi connectivity index (χ1n) is 8.44. The number of carboxylic acids is 1. The van der Waals surface area contributed by atoms with Gasteiger partial charge in [0.15, 0.2) is 0 Å². The highest BCUT2D eigenvalue weighted by Gasteiger charge is 2.27. The van der Waals surface area contributed by atoms with Crippen molar-refractivity contribution >= 4 is 25.1 Å². The lowest BCUT2D eigenvalue weighted by atomic mass is 10.2. The minimum atomic E-state index is -3.19. The van der Waals surface area contributed by atoms with E-state index in [4.69, 9.17) is 9.63 Å². The molecular weight excluding hydrogens is 367 g/mol. The van der Waals surface area contributed by atoms with Gasteiger partial charge in [0.05, 0.1) is 11.6 Å². The Labute approximate surface area is 158 Å². The molecule has 0 aliphatic carbocycles. The van der Waals surface area contributed by atoms with Crippen LogP contribution in [-0.4, -0.2) is 36.3 Å². The minimum absolute atomic E-state index is 0.129. The Morgan fingerprint density at radius 2 is 1.74 bits per heavy atom. The molecule has 0 radical (unpaired) electrons. The molecule has 0 bridgehead atoms. The van der Waals surface area contributed by atoms with Crippen LogP contribution in [0.2, 0.25) is 0 Å². The molecule has 0 spiro atoms. The van der Waals surface area contributed by atoms with Crippen molar-refractivity contribution in [3.63, 3.8) is 0 Å². The first-order valence-corrected chi connectivity index (χ1v) is 10.2. The zero-order chi connectivity index (χ0) is 19.9. The number of nitrogens with one attached hydrogen (secondary N) is 2. The van der Waals surface area contributed by atoms with Gasteiger partial charge in [0, 0.05) is 19.0 Å². The number of hydrogen-bond donors (Lipinski definition) is 3. The maximum atomic E-state index is 12.9. The molecule has 7 nitrogen and oxygen atoms in total. The summed E-state index contributed by atoms with van der Waals surface area (Å²) in [4.78, 5) is 23.2. The smallest absolute Gasteiger partial charge is 0.335 e. The molecule has 8 heteroatoms. The second-order valence-corrected chi connectivity index (χ2v) is 8.46. The third-order valence-corrected chi connectivity index (χ3v) is 6.20. The lowest BCUT2D eigenvalue weighted by Crippen LogP contribution is -2.37. The quantitative estimate of drug-likeness (QED) is 0.567. The maximum Gasteiger partial charge on any atom is 0.335 e. The van der Waals surface area contributed by atoms with Gasteiger partial charge in [0.1, 0.15) is 0 Å². The molecular formula is C19H23N2O5P. The largest absolute Gasteiger partial charge is 0.478 e. The third kappa shape index (κ3) is 6.32. The lowest BCUT2D eigenvalue weighted by Gasteiger charge is -2.22.